The number of benzene rings is 1. The summed E-state index contributed by atoms with van der Waals surface area (Å²) in [5.74, 6) is 1.02. The summed E-state index contributed by atoms with van der Waals surface area (Å²) in [4.78, 5) is 14.4. The van der Waals surface area contributed by atoms with Gasteiger partial charge in [0.05, 0.1) is 13.2 Å². The third-order valence-electron chi connectivity index (χ3n) is 4.07. The Morgan fingerprint density at radius 3 is 2.35 bits per heavy atom. The molecule has 0 N–H and O–H groups in total. The molecular formula is C17H25NO2. The minimum Gasteiger partial charge on any atom is -0.378 e. The zero-order chi connectivity index (χ0) is 14.5. The van der Waals surface area contributed by atoms with Crippen molar-refractivity contribution in [2.75, 3.05) is 26.3 Å². The molecule has 20 heavy (non-hydrogen) atoms. The molecule has 1 unspecified atom stereocenters. The number of carbonyl (C=O) groups excluding carboxylic acids is 1. The summed E-state index contributed by atoms with van der Waals surface area (Å²) in [5, 5.41) is 0. The van der Waals surface area contributed by atoms with Crippen molar-refractivity contribution in [3.63, 3.8) is 0 Å². The average Bonchev–Trinajstić information content (AvgIpc) is 2.46. The number of amides is 1. The number of rotatable bonds is 4. The Morgan fingerprint density at radius 2 is 1.80 bits per heavy atom. The maximum absolute atomic E-state index is 12.4. The van der Waals surface area contributed by atoms with Crippen LogP contribution in [0.15, 0.2) is 24.3 Å². The number of ether oxygens (including phenoxy) is 1. The molecule has 0 spiro atoms. The molecule has 1 fully saturated rings. The van der Waals surface area contributed by atoms with E-state index >= 15 is 0 Å². The highest BCUT2D eigenvalue weighted by atomic mass is 16.5. The van der Waals surface area contributed by atoms with Crippen molar-refractivity contribution >= 4 is 5.91 Å². The van der Waals surface area contributed by atoms with Gasteiger partial charge in [-0.15, -0.1) is 0 Å². The largest absolute Gasteiger partial charge is 0.378 e. The van der Waals surface area contributed by atoms with E-state index in [4.69, 9.17) is 4.74 Å². The molecule has 0 saturated carbocycles. The van der Waals surface area contributed by atoms with Crippen LogP contribution in [0.25, 0.3) is 0 Å². The zero-order valence-corrected chi connectivity index (χ0v) is 12.8. The highest BCUT2D eigenvalue weighted by Gasteiger charge is 2.24. The standard InChI is InChI=1S/C17H25NO2/c1-13(2)16(15-6-4-14(3)5-7-15)12-17(19)18-8-10-20-11-9-18/h4-7,13,16H,8-12H2,1-3H3. The lowest BCUT2D eigenvalue weighted by Gasteiger charge is -2.29. The van der Waals surface area contributed by atoms with Crippen LogP contribution in [0.2, 0.25) is 0 Å². The Bertz CT molecular complexity index is 433. The predicted octanol–water partition coefficient (Wildman–Crippen LogP) is 2.98. The molecule has 110 valence electrons. The molecule has 0 aromatic heterocycles. The highest BCUT2D eigenvalue weighted by Crippen LogP contribution is 2.29. The van der Waals surface area contributed by atoms with Gasteiger partial charge in [-0.2, -0.15) is 0 Å². The third kappa shape index (κ3) is 3.83. The molecule has 3 nitrogen and oxygen atoms in total. The fraction of sp³-hybridized carbons (Fsp3) is 0.588. The van der Waals surface area contributed by atoms with Crippen molar-refractivity contribution in [1.82, 2.24) is 4.90 Å². The zero-order valence-electron chi connectivity index (χ0n) is 12.8. The molecule has 1 atom stereocenters. The Hall–Kier alpha value is -1.35. The minimum atomic E-state index is 0.257. The molecule has 1 aromatic carbocycles. The Balaban J connectivity index is 2.05. The first-order valence-electron chi connectivity index (χ1n) is 7.50. The van der Waals surface area contributed by atoms with Gasteiger partial charge < -0.3 is 9.64 Å². The van der Waals surface area contributed by atoms with Gasteiger partial charge in [0, 0.05) is 19.5 Å². The van der Waals surface area contributed by atoms with E-state index in [1.165, 1.54) is 11.1 Å². The second-order valence-electron chi connectivity index (χ2n) is 5.96. The van der Waals surface area contributed by atoms with E-state index in [1.807, 2.05) is 4.90 Å². The quantitative estimate of drug-likeness (QED) is 0.845. The van der Waals surface area contributed by atoms with Gasteiger partial charge in [-0.3, -0.25) is 4.79 Å². The third-order valence-corrected chi connectivity index (χ3v) is 4.07. The van der Waals surface area contributed by atoms with E-state index in [0.717, 1.165) is 13.1 Å². The van der Waals surface area contributed by atoms with Crippen LogP contribution in [-0.4, -0.2) is 37.1 Å². The van der Waals surface area contributed by atoms with Crippen LogP contribution in [0.1, 0.15) is 37.3 Å². The van der Waals surface area contributed by atoms with Crippen LogP contribution in [0.5, 0.6) is 0 Å². The Labute approximate surface area is 121 Å². The monoisotopic (exact) mass is 275 g/mol. The Kier molecular flexibility index (Phi) is 5.18. The van der Waals surface area contributed by atoms with Crippen LogP contribution in [0.4, 0.5) is 0 Å². The first-order chi connectivity index (χ1) is 9.58. The molecule has 2 rings (SSSR count). The summed E-state index contributed by atoms with van der Waals surface area (Å²) in [7, 11) is 0. The maximum Gasteiger partial charge on any atom is 0.223 e. The summed E-state index contributed by atoms with van der Waals surface area (Å²) in [6.07, 6.45) is 0.598. The molecule has 1 heterocycles. The van der Waals surface area contributed by atoms with E-state index in [2.05, 4.69) is 45.0 Å². The summed E-state index contributed by atoms with van der Waals surface area (Å²) in [6, 6.07) is 8.58. The number of aryl methyl sites for hydroxylation is 1. The lowest BCUT2D eigenvalue weighted by Crippen LogP contribution is -2.41. The van der Waals surface area contributed by atoms with Crippen LogP contribution in [-0.2, 0) is 9.53 Å². The summed E-state index contributed by atoms with van der Waals surface area (Å²) >= 11 is 0. The maximum atomic E-state index is 12.4. The number of nitrogens with zero attached hydrogens (tertiary/aromatic N) is 1. The fourth-order valence-electron chi connectivity index (χ4n) is 2.68. The molecule has 0 aliphatic carbocycles. The molecule has 3 heteroatoms. The molecule has 1 amide bonds. The van der Waals surface area contributed by atoms with Gasteiger partial charge in [-0.25, -0.2) is 0 Å². The van der Waals surface area contributed by atoms with Crippen molar-refractivity contribution in [3.05, 3.63) is 35.4 Å². The smallest absolute Gasteiger partial charge is 0.223 e. The van der Waals surface area contributed by atoms with Gasteiger partial charge in [0.2, 0.25) is 5.91 Å². The van der Waals surface area contributed by atoms with Crippen molar-refractivity contribution in [2.24, 2.45) is 5.92 Å². The molecular weight excluding hydrogens is 250 g/mol. The van der Waals surface area contributed by atoms with Crippen molar-refractivity contribution in [2.45, 2.75) is 33.1 Å². The van der Waals surface area contributed by atoms with Crippen LogP contribution in [0.3, 0.4) is 0 Å². The van der Waals surface area contributed by atoms with E-state index < -0.39 is 0 Å². The van der Waals surface area contributed by atoms with Crippen LogP contribution < -0.4 is 0 Å². The number of hydrogen-bond donors (Lipinski definition) is 0. The van der Waals surface area contributed by atoms with Gasteiger partial charge in [0.1, 0.15) is 0 Å². The summed E-state index contributed by atoms with van der Waals surface area (Å²) in [5.41, 5.74) is 2.53. The summed E-state index contributed by atoms with van der Waals surface area (Å²) in [6.45, 7) is 9.28. The van der Waals surface area contributed by atoms with Crippen molar-refractivity contribution in [1.29, 1.82) is 0 Å². The molecule has 1 saturated heterocycles. The van der Waals surface area contributed by atoms with Crippen LogP contribution in [0, 0.1) is 12.8 Å². The van der Waals surface area contributed by atoms with E-state index in [0.29, 0.717) is 31.5 Å². The average molecular weight is 275 g/mol. The molecule has 1 aromatic rings. The van der Waals surface area contributed by atoms with Gasteiger partial charge in [0.25, 0.3) is 0 Å². The summed E-state index contributed by atoms with van der Waals surface area (Å²) < 4.78 is 5.31. The predicted molar refractivity (Wildman–Crippen MR) is 80.8 cm³/mol. The molecule has 1 aliphatic rings. The second-order valence-corrected chi connectivity index (χ2v) is 5.96. The number of hydrogen-bond acceptors (Lipinski definition) is 2. The highest BCUT2D eigenvalue weighted by molar-refractivity contribution is 5.77. The molecule has 0 bridgehead atoms. The molecule has 1 aliphatic heterocycles. The van der Waals surface area contributed by atoms with E-state index in [1.54, 1.807) is 0 Å². The SMILES string of the molecule is Cc1ccc(C(CC(=O)N2CCOCC2)C(C)C)cc1. The number of morpholine rings is 1. The molecule has 0 radical (unpaired) electrons. The second kappa shape index (κ2) is 6.89. The van der Waals surface area contributed by atoms with E-state index in [-0.39, 0.29) is 5.91 Å². The normalized spacial score (nSPS) is 17.3. The first-order valence-corrected chi connectivity index (χ1v) is 7.50. The van der Waals surface area contributed by atoms with Gasteiger partial charge in [0.15, 0.2) is 0 Å². The lowest BCUT2D eigenvalue weighted by molar-refractivity contribution is -0.135. The topological polar surface area (TPSA) is 29.5 Å². The fourth-order valence-corrected chi connectivity index (χ4v) is 2.68. The van der Waals surface area contributed by atoms with Crippen molar-refractivity contribution in [3.8, 4) is 0 Å². The first kappa shape index (κ1) is 15.0. The minimum absolute atomic E-state index is 0.257. The Morgan fingerprint density at radius 1 is 1.20 bits per heavy atom. The van der Waals surface area contributed by atoms with Gasteiger partial charge in [-0.05, 0) is 24.3 Å². The van der Waals surface area contributed by atoms with Crippen molar-refractivity contribution < 1.29 is 9.53 Å². The van der Waals surface area contributed by atoms with E-state index in [9.17, 15) is 4.79 Å². The lowest BCUT2D eigenvalue weighted by atomic mass is 9.85. The van der Waals surface area contributed by atoms with Gasteiger partial charge >= 0.3 is 0 Å². The van der Waals surface area contributed by atoms with Crippen LogP contribution >= 0.6 is 0 Å². The van der Waals surface area contributed by atoms with Gasteiger partial charge in [-0.1, -0.05) is 43.7 Å². The number of carbonyl (C=O) groups is 1.